The second-order valence-corrected chi connectivity index (χ2v) is 12.3. The van der Waals surface area contributed by atoms with Gasteiger partial charge in [-0.3, -0.25) is 0 Å². The maximum Gasteiger partial charge on any atom is 0.175 e. The average Bonchev–Trinajstić information content (AvgIpc) is 3.53. The third kappa shape index (κ3) is 5.35. The molecule has 0 aliphatic carbocycles. The number of nitrogens with zero attached hydrogens (tertiary/aromatic N) is 2. The monoisotopic (exact) mass is 517 g/mol. The summed E-state index contributed by atoms with van der Waals surface area (Å²) in [4.78, 5) is 12.1. The number of sulfone groups is 1. The Morgan fingerprint density at radius 2 is 1.74 bits per heavy atom. The van der Waals surface area contributed by atoms with Gasteiger partial charge in [0.05, 0.1) is 22.0 Å². The van der Waals surface area contributed by atoms with Gasteiger partial charge in [0.25, 0.3) is 0 Å². The number of aryl methyl sites for hydroxylation is 1. The summed E-state index contributed by atoms with van der Waals surface area (Å²) >= 11 is 3.30. The summed E-state index contributed by atoms with van der Waals surface area (Å²) in [5, 5.41) is 6.31. The Bertz CT molecular complexity index is 1570. The van der Waals surface area contributed by atoms with E-state index < -0.39 is 9.84 Å². The highest BCUT2D eigenvalue weighted by Gasteiger charge is 2.17. The first kappa shape index (κ1) is 23.4. The van der Waals surface area contributed by atoms with E-state index in [1.54, 1.807) is 34.8 Å². The highest BCUT2D eigenvalue weighted by molar-refractivity contribution is 7.90. The second kappa shape index (κ2) is 9.73. The lowest BCUT2D eigenvalue weighted by molar-refractivity contribution is 0.602. The minimum absolute atomic E-state index is 0.299. The zero-order valence-electron chi connectivity index (χ0n) is 19.2. The zero-order chi connectivity index (χ0) is 24.4. The van der Waals surface area contributed by atoms with Crippen molar-refractivity contribution in [2.75, 3.05) is 11.6 Å². The largest absolute Gasteiger partial charge is 0.365 e. The fourth-order valence-electron chi connectivity index (χ4n) is 3.73. The molecule has 5 aromatic rings. The van der Waals surface area contributed by atoms with Crippen LogP contribution in [0.25, 0.3) is 32.3 Å². The first-order chi connectivity index (χ1) is 16.9. The molecule has 0 fully saturated rings. The third-order valence-electron chi connectivity index (χ3n) is 5.49. The van der Waals surface area contributed by atoms with Crippen molar-refractivity contribution in [3.63, 3.8) is 0 Å². The summed E-state index contributed by atoms with van der Waals surface area (Å²) < 4.78 is 23.8. The Labute approximate surface area is 213 Å². The van der Waals surface area contributed by atoms with Crippen LogP contribution in [0.2, 0.25) is 0 Å². The molecule has 176 valence electrons. The Kier molecular flexibility index (Phi) is 6.51. The van der Waals surface area contributed by atoms with Gasteiger partial charge in [0.2, 0.25) is 0 Å². The van der Waals surface area contributed by atoms with E-state index in [0.29, 0.717) is 4.90 Å². The molecule has 0 saturated heterocycles. The van der Waals surface area contributed by atoms with Crippen molar-refractivity contribution in [2.24, 2.45) is 0 Å². The SMILES string of the molecule is Cc1cccc(-c2nc(-c3ccc(S(C)(=O)=O)cc3)sc2-c2ccnc(NCc3cccs3)c2)c1. The van der Waals surface area contributed by atoms with E-state index in [-0.39, 0.29) is 0 Å². The quantitative estimate of drug-likeness (QED) is 0.254. The predicted molar refractivity (Wildman–Crippen MR) is 146 cm³/mol. The first-order valence-corrected chi connectivity index (χ1v) is 14.6. The smallest absolute Gasteiger partial charge is 0.175 e. The number of rotatable bonds is 7. The zero-order valence-corrected chi connectivity index (χ0v) is 21.7. The van der Waals surface area contributed by atoms with Crippen molar-refractivity contribution in [3.05, 3.63) is 94.8 Å². The molecule has 0 amide bonds. The standard InChI is InChI=1S/C27H23N3O2S3/c1-18-5-3-6-20(15-18)25-26(21-12-13-28-24(16-21)29-17-22-7-4-14-33-22)34-27(30-25)19-8-10-23(11-9-19)35(2,31)32/h3-16H,17H2,1-2H3,(H,28,29). The fraction of sp³-hybridized carbons (Fsp3) is 0.111. The molecule has 0 spiro atoms. The van der Waals surface area contributed by atoms with Gasteiger partial charge in [0.1, 0.15) is 10.8 Å². The van der Waals surface area contributed by atoms with Crippen molar-refractivity contribution in [2.45, 2.75) is 18.4 Å². The highest BCUT2D eigenvalue weighted by atomic mass is 32.2. The first-order valence-electron chi connectivity index (χ1n) is 11.0. The summed E-state index contributed by atoms with van der Waals surface area (Å²) in [7, 11) is -3.25. The lowest BCUT2D eigenvalue weighted by atomic mass is 10.1. The molecular weight excluding hydrogens is 495 g/mol. The van der Waals surface area contributed by atoms with E-state index in [1.807, 2.05) is 36.5 Å². The third-order valence-corrected chi connectivity index (χ3v) is 8.65. The van der Waals surface area contributed by atoms with Crippen LogP contribution in [0.5, 0.6) is 0 Å². The van der Waals surface area contributed by atoms with E-state index in [0.717, 1.165) is 50.2 Å². The van der Waals surface area contributed by atoms with E-state index >= 15 is 0 Å². The van der Waals surface area contributed by atoms with Crippen LogP contribution in [0.3, 0.4) is 0 Å². The van der Waals surface area contributed by atoms with Gasteiger partial charge in [-0.25, -0.2) is 18.4 Å². The minimum Gasteiger partial charge on any atom is -0.365 e. The van der Waals surface area contributed by atoms with Crippen molar-refractivity contribution >= 4 is 38.3 Å². The Balaban J connectivity index is 1.56. The minimum atomic E-state index is -3.25. The van der Waals surface area contributed by atoms with E-state index in [1.165, 1.54) is 11.1 Å². The lowest BCUT2D eigenvalue weighted by Crippen LogP contribution is -1.99. The van der Waals surface area contributed by atoms with E-state index in [2.05, 4.69) is 52.9 Å². The van der Waals surface area contributed by atoms with E-state index in [4.69, 9.17) is 4.98 Å². The van der Waals surface area contributed by atoms with Crippen LogP contribution in [-0.2, 0) is 16.4 Å². The van der Waals surface area contributed by atoms with Gasteiger partial charge < -0.3 is 5.32 Å². The normalized spacial score (nSPS) is 11.5. The van der Waals surface area contributed by atoms with E-state index in [9.17, 15) is 8.42 Å². The summed E-state index contributed by atoms with van der Waals surface area (Å²) in [6.07, 6.45) is 3.03. The average molecular weight is 518 g/mol. The number of thiophene rings is 1. The number of nitrogens with one attached hydrogen (secondary N) is 1. The summed E-state index contributed by atoms with van der Waals surface area (Å²) in [5.74, 6) is 0.804. The van der Waals surface area contributed by atoms with Crippen LogP contribution in [-0.4, -0.2) is 24.6 Å². The number of pyridine rings is 1. The highest BCUT2D eigenvalue weighted by Crippen LogP contribution is 2.41. The lowest BCUT2D eigenvalue weighted by Gasteiger charge is -2.07. The maximum absolute atomic E-state index is 11.9. The molecule has 0 unspecified atom stereocenters. The molecule has 5 rings (SSSR count). The summed E-state index contributed by atoms with van der Waals surface area (Å²) in [5.41, 5.74) is 5.01. The van der Waals surface area contributed by atoms with Crippen molar-refractivity contribution in [1.82, 2.24) is 9.97 Å². The molecule has 2 aromatic carbocycles. The van der Waals surface area contributed by atoms with Gasteiger partial charge in [0.15, 0.2) is 9.84 Å². The van der Waals surface area contributed by atoms with Gasteiger partial charge in [-0.15, -0.1) is 22.7 Å². The molecule has 0 aliphatic rings. The van der Waals surface area contributed by atoms with Crippen LogP contribution in [0, 0.1) is 6.92 Å². The number of thiazole rings is 1. The number of aromatic nitrogens is 2. The number of hydrogen-bond donors (Lipinski definition) is 1. The number of anilines is 1. The van der Waals surface area contributed by atoms with Crippen molar-refractivity contribution in [1.29, 1.82) is 0 Å². The van der Waals surface area contributed by atoms with Crippen LogP contribution in [0.15, 0.2) is 89.3 Å². The van der Waals surface area contributed by atoms with Crippen LogP contribution < -0.4 is 5.32 Å². The molecule has 0 radical (unpaired) electrons. The van der Waals surface area contributed by atoms with Gasteiger partial charge in [-0.05, 0) is 54.3 Å². The van der Waals surface area contributed by atoms with Gasteiger partial charge in [0, 0.05) is 28.5 Å². The Hall–Kier alpha value is -3.33. The molecule has 0 aliphatic heterocycles. The molecule has 35 heavy (non-hydrogen) atoms. The second-order valence-electron chi connectivity index (χ2n) is 8.23. The maximum atomic E-state index is 11.9. The topological polar surface area (TPSA) is 72.0 Å². The fourth-order valence-corrected chi connectivity index (χ4v) is 6.10. The molecule has 0 saturated carbocycles. The molecule has 0 atom stereocenters. The number of hydrogen-bond acceptors (Lipinski definition) is 7. The predicted octanol–water partition coefficient (Wildman–Crippen LogP) is 6.92. The van der Waals surface area contributed by atoms with Crippen LogP contribution in [0.4, 0.5) is 5.82 Å². The molecular formula is C27H23N3O2S3. The Morgan fingerprint density at radius 3 is 2.46 bits per heavy atom. The molecule has 0 bridgehead atoms. The summed E-state index contributed by atoms with van der Waals surface area (Å²) in [6.45, 7) is 2.79. The molecule has 3 aromatic heterocycles. The number of benzene rings is 2. The molecule has 3 heterocycles. The Morgan fingerprint density at radius 1 is 0.914 bits per heavy atom. The van der Waals surface area contributed by atoms with Gasteiger partial charge >= 0.3 is 0 Å². The van der Waals surface area contributed by atoms with Crippen LogP contribution >= 0.6 is 22.7 Å². The van der Waals surface area contributed by atoms with Crippen LogP contribution in [0.1, 0.15) is 10.4 Å². The van der Waals surface area contributed by atoms with Gasteiger partial charge in [-0.1, -0.05) is 42.0 Å². The summed E-state index contributed by atoms with van der Waals surface area (Å²) in [6, 6.07) is 23.4. The van der Waals surface area contributed by atoms with Gasteiger partial charge in [-0.2, -0.15) is 0 Å². The van der Waals surface area contributed by atoms with Crippen molar-refractivity contribution in [3.8, 4) is 32.3 Å². The molecule has 1 N–H and O–H groups in total. The van der Waals surface area contributed by atoms with Crippen molar-refractivity contribution < 1.29 is 8.42 Å². The molecule has 5 nitrogen and oxygen atoms in total. The molecule has 8 heteroatoms.